The molecule has 0 unspecified atom stereocenters. The molecule has 1 amide bonds. The van der Waals surface area contributed by atoms with Crippen LogP contribution < -0.4 is 5.84 Å². The number of nitrogens with two attached hydrogens (primary N) is 1. The van der Waals surface area contributed by atoms with Gasteiger partial charge in [0.25, 0.3) is 0 Å². The second-order valence-corrected chi connectivity index (χ2v) is 3.55. The van der Waals surface area contributed by atoms with Crippen molar-refractivity contribution < 1.29 is 4.79 Å². The van der Waals surface area contributed by atoms with E-state index in [1.807, 2.05) is 13.8 Å². The number of amides is 1. The zero-order valence-corrected chi connectivity index (χ0v) is 9.03. The van der Waals surface area contributed by atoms with Gasteiger partial charge < -0.3 is 9.91 Å². The first-order valence-electron chi connectivity index (χ1n) is 4.29. The molecule has 0 saturated carbocycles. The molecule has 0 aromatic carbocycles. The second-order valence-electron chi connectivity index (χ2n) is 3.55. The lowest BCUT2D eigenvalue weighted by Crippen LogP contribution is -2.34. The minimum absolute atomic E-state index is 0.0175. The van der Waals surface area contributed by atoms with Crippen molar-refractivity contribution >= 4 is 5.91 Å². The van der Waals surface area contributed by atoms with Crippen LogP contribution in [0.25, 0.3) is 0 Å². The van der Waals surface area contributed by atoms with Crippen LogP contribution in [0.5, 0.6) is 0 Å². The molecule has 0 aliphatic heterocycles. The predicted molar refractivity (Wildman–Crippen MR) is 53.6 cm³/mol. The lowest BCUT2D eigenvalue weighted by molar-refractivity contribution is -0.124. The van der Waals surface area contributed by atoms with Gasteiger partial charge in [0, 0.05) is 31.9 Å². The van der Waals surface area contributed by atoms with Crippen LogP contribution in [-0.4, -0.2) is 36.0 Å². The van der Waals surface area contributed by atoms with Crippen LogP contribution in [0.3, 0.4) is 0 Å². The molecule has 0 radical (unpaired) electrons. The fourth-order valence-electron chi connectivity index (χ4n) is 0.781. The molecule has 0 aliphatic rings. The van der Waals surface area contributed by atoms with Crippen molar-refractivity contribution in [2.45, 2.75) is 26.8 Å². The van der Waals surface area contributed by atoms with Crippen molar-refractivity contribution in [3.63, 3.8) is 0 Å². The first-order chi connectivity index (χ1) is 5.86. The van der Waals surface area contributed by atoms with E-state index < -0.39 is 0 Å². The van der Waals surface area contributed by atoms with E-state index in [2.05, 4.69) is 0 Å². The maximum Gasteiger partial charge on any atom is 0.250 e. The third-order valence-electron chi connectivity index (χ3n) is 1.68. The Bertz CT molecular complexity index is 209. The van der Waals surface area contributed by atoms with Crippen molar-refractivity contribution in [2.75, 3.05) is 14.1 Å². The van der Waals surface area contributed by atoms with Gasteiger partial charge in [-0.1, -0.05) is 0 Å². The van der Waals surface area contributed by atoms with Gasteiger partial charge in [0.2, 0.25) is 5.91 Å². The van der Waals surface area contributed by atoms with Gasteiger partial charge in [0.05, 0.1) is 0 Å². The summed E-state index contributed by atoms with van der Waals surface area (Å²) in [5.41, 5.74) is 0.640. The lowest BCUT2D eigenvalue weighted by atomic mass is 10.3. The molecule has 2 N–H and O–H groups in total. The van der Waals surface area contributed by atoms with Crippen molar-refractivity contribution in [1.82, 2.24) is 9.91 Å². The van der Waals surface area contributed by atoms with Gasteiger partial charge in [-0.2, -0.15) is 0 Å². The van der Waals surface area contributed by atoms with Crippen molar-refractivity contribution in [3.8, 4) is 0 Å². The van der Waals surface area contributed by atoms with Crippen LogP contribution in [0, 0.1) is 0 Å². The molecule has 0 aromatic rings. The van der Waals surface area contributed by atoms with E-state index in [1.165, 1.54) is 9.91 Å². The third kappa shape index (κ3) is 3.94. The summed E-state index contributed by atoms with van der Waals surface area (Å²) in [6.45, 7) is 5.68. The van der Waals surface area contributed by atoms with Gasteiger partial charge in [0.1, 0.15) is 0 Å². The SMILES string of the molecule is C/C(=C\N(N)C(C)C)C(=O)N(C)C. The third-order valence-corrected chi connectivity index (χ3v) is 1.68. The highest BCUT2D eigenvalue weighted by Crippen LogP contribution is 2.00. The first kappa shape index (κ1) is 12.0. The van der Waals surface area contributed by atoms with Crippen molar-refractivity contribution in [3.05, 3.63) is 11.8 Å². The van der Waals surface area contributed by atoms with Crippen LogP contribution in [0.15, 0.2) is 11.8 Å². The summed E-state index contributed by atoms with van der Waals surface area (Å²) < 4.78 is 0. The summed E-state index contributed by atoms with van der Waals surface area (Å²) in [5.74, 6) is 5.62. The van der Waals surface area contributed by atoms with Gasteiger partial charge in [-0.05, 0) is 20.8 Å². The molecule has 0 bridgehead atoms. The highest BCUT2D eigenvalue weighted by atomic mass is 16.2. The Morgan fingerprint density at radius 2 is 1.85 bits per heavy atom. The summed E-state index contributed by atoms with van der Waals surface area (Å²) in [6, 6.07) is 0.199. The largest absolute Gasteiger partial charge is 0.345 e. The fourth-order valence-corrected chi connectivity index (χ4v) is 0.781. The van der Waals surface area contributed by atoms with E-state index in [0.717, 1.165) is 0 Å². The smallest absolute Gasteiger partial charge is 0.250 e. The molecule has 0 aromatic heterocycles. The summed E-state index contributed by atoms with van der Waals surface area (Å²) in [6.07, 6.45) is 1.66. The average Bonchev–Trinajstić information content (AvgIpc) is 2.02. The number of likely N-dealkylation sites (N-methyl/N-ethyl adjacent to an activating group) is 1. The summed E-state index contributed by atoms with van der Waals surface area (Å²) >= 11 is 0. The maximum absolute atomic E-state index is 11.4. The molecule has 0 fully saturated rings. The Hall–Kier alpha value is -1.03. The molecule has 0 saturated heterocycles. The van der Waals surface area contributed by atoms with Gasteiger partial charge in [-0.25, -0.2) is 5.84 Å². The van der Waals surface area contributed by atoms with E-state index in [1.54, 1.807) is 27.2 Å². The number of carbonyl (C=O) groups is 1. The molecule has 0 aliphatic carbocycles. The number of hydrogen-bond acceptors (Lipinski definition) is 3. The van der Waals surface area contributed by atoms with Gasteiger partial charge >= 0.3 is 0 Å². The monoisotopic (exact) mass is 185 g/mol. The molecule has 0 heterocycles. The minimum atomic E-state index is -0.0175. The maximum atomic E-state index is 11.4. The Morgan fingerprint density at radius 3 is 2.15 bits per heavy atom. The molecule has 13 heavy (non-hydrogen) atoms. The predicted octanol–water partition coefficient (Wildman–Crippen LogP) is 0.562. The van der Waals surface area contributed by atoms with Crippen molar-refractivity contribution in [1.29, 1.82) is 0 Å². The molecule has 4 nitrogen and oxygen atoms in total. The quantitative estimate of drug-likeness (QED) is 0.397. The van der Waals surface area contributed by atoms with E-state index >= 15 is 0 Å². The van der Waals surface area contributed by atoms with Crippen LogP contribution in [-0.2, 0) is 4.79 Å². The van der Waals surface area contributed by atoms with Gasteiger partial charge in [-0.3, -0.25) is 4.79 Å². The van der Waals surface area contributed by atoms with Crippen LogP contribution in [0.2, 0.25) is 0 Å². The molecular formula is C9H19N3O. The van der Waals surface area contributed by atoms with Gasteiger partial charge in [0.15, 0.2) is 0 Å². The number of hydrazine groups is 1. The minimum Gasteiger partial charge on any atom is -0.345 e. The standard InChI is InChI=1S/C9H19N3O/c1-7(2)12(10)6-8(3)9(13)11(4)5/h6-7H,10H2,1-5H3/b8-6+. The van der Waals surface area contributed by atoms with E-state index in [4.69, 9.17) is 5.84 Å². The summed E-state index contributed by atoms with van der Waals surface area (Å²) in [4.78, 5) is 12.9. The fraction of sp³-hybridized carbons (Fsp3) is 0.667. The summed E-state index contributed by atoms with van der Waals surface area (Å²) in [7, 11) is 3.44. The first-order valence-corrected chi connectivity index (χ1v) is 4.29. The zero-order chi connectivity index (χ0) is 10.6. The van der Waals surface area contributed by atoms with E-state index in [9.17, 15) is 4.79 Å². The average molecular weight is 185 g/mol. The van der Waals surface area contributed by atoms with Crippen LogP contribution in [0.1, 0.15) is 20.8 Å². The molecule has 76 valence electrons. The molecular weight excluding hydrogens is 166 g/mol. The molecule has 4 heteroatoms. The number of carbonyl (C=O) groups excluding carboxylic acids is 1. The topological polar surface area (TPSA) is 49.6 Å². The number of hydrogen-bond donors (Lipinski definition) is 1. The Labute approximate surface area is 80.0 Å². The number of nitrogens with zero attached hydrogens (tertiary/aromatic N) is 2. The molecule has 0 rings (SSSR count). The zero-order valence-electron chi connectivity index (χ0n) is 9.03. The summed E-state index contributed by atoms with van der Waals surface area (Å²) in [5, 5.41) is 1.52. The highest BCUT2D eigenvalue weighted by Gasteiger charge is 2.08. The normalized spacial score (nSPS) is 11.8. The van der Waals surface area contributed by atoms with E-state index in [-0.39, 0.29) is 11.9 Å². The van der Waals surface area contributed by atoms with Gasteiger partial charge in [-0.15, -0.1) is 0 Å². The second kappa shape index (κ2) is 4.87. The Morgan fingerprint density at radius 1 is 1.38 bits per heavy atom. The Balaban J connectivity index is 4.40. The van der Waals surface area contributed by atoms with Crippen molar-refractivity contribution in [2.24, 2.45) is 5.84 Å². The number of rotatable bonds is 3. The highest BCUT2D eigenvalue weighted by molar-refractivity contribution is 5.92. The van der Waals surface area contributed by atoms with Crippen LogP contribution in [0.4, 0.5) is 0 Å². The Kier molecular flexibility index (Phi) is 4.48. The van der Waals surface area contributed by atoms with Crippen LogP contribution >= 0.6 is 0 Å². The molecule has 0 spiro atoms. The van der Waals surface area contributed by atoms with E-state index in [0.29, 0.717) is 5.57 Å². The molecule has 0 atom stereocenters. The lowest BCUT2D eigenvalue weighted by Gasteiger charge is -2.20.